The molecule has 11 heteroatoms. The number of halogens is 4. The monoisotopic (exact) mass is 489 g/mol. The largest absolute Gasteiger partial charge is 0.355 e. The van der Waals surface area contributed by atoms with Crippen LogP contribution in [0.3, 0.4) is 0 Å². The molecule has 0 aliphatic rings. The summed E-state index contributed by atoms with van der Waals surface area (Å²) in [4.78, 5) is 27.4. The molecule has 4 N–H and O–H groups in total. The van der Waals surface area contributed by atoms with Gasteiger partial charge < -0.3 is 21.3 Å². The standard InChI is InChI=1S/C24H23F4N5O2/c1-23(25,26)19-12-18(13-20(33-19)24(2,27)28)30-15-7-9-16(10-8-15)31-21(34)14-5-4-6-17(11-14)32-22(35)29-3/h4-13H,1-3H3,(H,30,33)(H,31,34)(H2,29,32,35). The van der Waals surface area contributed by atoms with Gasteiger partial charge in [0.15, 0.2) is 0 Å². The SMILES string of the molecule is CNC(=O)Nc1cccc(C(=O)Nc2ccc(Nc3cc(C(C)(F)F)nc(C(C)(F)F)c3)cc2)c1. The molecular formula is C24H23F4N5O2. The van der Waals surface area contributed by atoms with Gasteiger partial charge in [-0.25, -0.2) is 9.78 Å². The van der Waals surface area contributed by atoms with Crippen molar-refractivity contribution in [2.45, 2.75) is 25.7 Å². The zero-order valence-electron chi connectivity index (χ0n) is 19.0. The number of hydrogen-bond donors (Lipinski definition) is 4. The van der Waals surface area contributed by atoms with Gasteiger partial charge in [0.1, 0.15) is 11.4 Å². The lowest BCUT2D eigenvalue weighted by molar-refractivity contribution is 0.00149. The molecule has 0 aliphatic heterocycles. The topological polar surface area (TPSA) is 95.2 Å². The molecule has 0 unspecified atom stereocenters. The summed E-state index contributed by atoms with van der Waals surface area (Å²) in [5, 5.41) is 10.5. The molecule has 1 aromatic heterocycles. The van der Waals surface area contributed by atoms with Gasteiger partial charge in [0.2, 0.25) is 0 Å². The minimum atomic E-state index is -3.40. The fourth-order valence-electron chi connectivity index (χ4n) is 2.99. The molecule has 0 aliphatic carbocycles. The van der Waals surface area contributed by atoms with Gasteiger partial charge in [-0.3, -0.25) is 4.79 Å². The maximum absolute atomic E-state index is 13.8. The summed E-state index contributed by atoms with van der Waals surface area (Å²) in [6.07, 6.45) is 0. The van der Waals surface area contributed by atoms with Crippen LogP contribution in [-0.4, -0.2) is 24.0 Å². The molecule has 0 atom stereocenters. The molecule has 0 bridgehead atoms. The van der Waals surface area contributed by atoms with Crippen LogP contribution in [0, 0.1) is 0 Å². The van der Waals surface area contributed by atoms with Crippen molar-refractivity contribution in [1.82, 2.24) is 10.3 Å². The maximum Gasteiger partial charge on any atom is 0.318 e. The van der Waals surface area contributed by atoms with E-state index in [-0.39, 0.29) is 5.69 Å². The molecule has 7 nitrogen and oxygen atoms in total. The average Bonchev–Trinajstić information content (AvgIpc) is 2.79. The van der Waals surface area contributed by atoms with Gasteiger partial charge in [-0.2, -0.15) is 17.6 Å². The number of hydrogen-bond acceptors (Lipinski definition) is 4. The number of pyridine rings is 1. The van der Waals surface area contributed by atoms with E-state index in [0.717, 1.165) is 12.1 Å². The highest BCUT2D eigenvalue weighted by Gasteiger charge is 2.32. The number of alkyl halides is 4. The molecule has 0 saturated carbocycles. The van der Waals surface area contributed by atoms with Crippen molar-refractivity contribution in [1.29, 1.82) is 0 Å². The van der Waals surface area contributed by atoms with Gasteiger partial charge in [0.05, 0.1) is 0 Å². The second-order valence-corrected chi connectivity index (χ2v) is 7.84. The van der Waals surface area contributed by atoms with E-state index < -0.39 is 35.2 Å². The zero-order chi connectivity index (χ0) is 25.8. The van der Waals surface area contributed by atoms with Crippen LogP contribution in [0.1, 0.15) is 35.6 Å². The molecule has 0 radical (unpaired) electrons. The summed E-state index contributed by atoms with van der Waals surface area (Å²) in [6.45, 7) is 1.16. The minimum absolute atomic E-state index is 0.0188. The smallest absolute Gasteiger partial charge is 0.318 e. The Morgan fingerprint density at radius 3 is 1.86 bits per heavy atom. The van der Waals surface area contributed by atoms with Crippen molar-refractivity contribution in [3.63, 3.8) is 0 Å². The number of amides is 3. The summed E-state index contributed by atoms with van der Waals surface area (Å²) < 4.78 is 55.0. The minimum Gasteiger partial charge on any atom is -0.355 e. The number of benzene rings is 2. The fraction of sp³-hybridized carbons (Fsp3) is 0.208. The van der Waals surface area contributed by atoms with Crippen molar-refractivity contribution >= 4 is 34.7 Å². The predicted octanol–water partition coefficient (Wildman–Crippen LogP) is 6.05. The number of carbonyl (C=O) groups is 2. The molecule has 3 amide bonds. The molecule has 184 valence electrons. The van der Waals surface area contributed by atoms with Crippen LogP contribution in [0.15, 0.2) is 60.7 Å². The van der Waals surface area contributed by atoms with E-state index in [4.69, 9.17) is 0 Å². The van der Waals surface area contributed by atoms with Crippen LogP contribution in [-0.2, 0) is 11.8 Å². The maximum atomic E-state index is 13.8. The summed E-state index contributed by atoms with van der Waals surface area (Å²) in [7, 11) is 1.47. The zero-order valence-corrected chi connectivity index (χ0v) is 19.0. The Morgan fingerprint density at radius 1 is 0.743 bits per heavy atom. The average molecular weight is 489 g/mol. The number of nitrogens with one attached hydrogen (secondary N) is 4. The molecule has 1 heterocycles. The second-order valence-electron chi connectivity index (χ2n) is 7.84. The summed E-state index contributed by atoms with van der Waals surface area (Å²) in [5.74, 6) is -7.23. The molecular weight excluding hydrogens is 466 g/mol. The number of anilines is 4. The number of carbonyl (C=O) groups excluding carboxylic acids is 2. The number of aromatic nitrogens is 1. The lowest BCUT2D eigenvalue weighted by atomic mass is 10.1. The third kappa shape index (κ3) is 6.92. The van der Waals surface area contributed by atoms with Crippen molar-refractivity contribution < 1.29 is 27.2 Å². The summed E-state index contributed by atoms with van der Waals surface area (Å²) in [6, 6.07) is 14.1. The van der Waals surface area contributed by atoms with Crippen LogP contribution in [0.2, 0.25) is 0 Å². The lowest BCUT2D eigenvalue weighted by Crippen LogP contribution is -2.24. The van der Waals surface area contributed by atoms with Gasteiger partial charge >= 0.3 is 6.03 Å². The lowest BCUT2D eigenvalue weighted by Gasteiger charge is -2.17. The van der Waals surface area contributed by atoms with Gasteiger partial charge in [-0.1, -0.05) is 6.07 Å². The van der Waals surface area contributed by atoms with Gasteiger partial charge in [0, 0.05) is 49.2 Å². The first kappa shape index (κ1) is 25.5. The molecule has 0 saturated heterocycles. The third-order valence-corrected chi connectivity index (χ3v) is 4.77. The summed E-state index contributed by atoms with van der Waals surface area (Å²) in [5.41, 5.74) is 0.0439. The normalized spacial score (nSPS) is 11.5. The number of urea groups is 1. The Kier molecular flexibility index (Phi) is 7.28. The second kappa shape index (κ2) is 10.00. The van der Waals surface area contributed by atoms with E-state index in [1.54, 1.807) is 42.5 Å². The number of nitrogens with zero attached hydrogens (tertiary/aromatic N) is 1. The summed E-state index contributed by atoms with van der Waals surface area (Å²) >= 11 is 0. The molecule has 0 fully saturated rings. The highest BCUT2D eigenvalue weighted by Crippen LogP contribution is 2.34. The Balaban J connectivity index is 1.74. The van der Waals surface area contributed by atoms with Crippen LogP contribution < -0.4 is 21.3 Å². The Morgan fingerprint density at radius 2 is 1.31 bits per heavy atom. The predicted molar refractivity (Wildman–Crippen MR) is 126 cm³/mol. The van der Waals surface area contributed by atoms with E-state index in [0.29, 0.717) is 36.5 Å². The van der Waals surface area contributed by atoms with E-state index in [2.05, 4.69) is 26.3 Å². The molecule has 0 spiro atoms. The first-order valence-corrected chi connectivity index (χ1v) is 10.4. The van der Waals surface area contributed by atoms with Crippen LogP contribution in [0.25, 0.3) is 0 Å². The quantitative estimate of drug-likeness (QED) is 0.304. The first-order valence-electron chi connectivity index (χ1n) is 10.4. The van der Waals surface area contributed by atoms with Crippen molar-refractivity contribution in [2.24, 2.45) is 0 Å². The van der Waals surface area contributed by atoms with Crippen molar-refractivity contribution in [3.8, 4) is 0 Å². The van der Waals surface area contributed by atoms with E-state index >= 15 is 0 Å². The van der Waals surface area contributed by atoms with Gasteiger partial charge in [0.25, 0.3) is 17.8 Å². The number of rotatable bonds is 7. The van der Waals surface area contributed by atoms with Crippen LogP contribution in [0.4, 0.5) is 45.1 Å². The van der Waals surface area contributed by atoms with E-state index in [1.807, 2.05) is 0 Å². The van der Waals surface area contributed by atoms with Gasteiger partial charge in [-0.05, 0) is 54.6 Å². The Bertz CT molecular complexity index is 1190. The van der Waals surface area contributed by atoms with Gasteiger partial charge in [-0.15, -0.1) is 0 Å². The Labute approximate surface area is 199 Å². The van der Waals surface area contributed by atoms with Crippen LogP contribution in [0.5, 0.6) is 0 Å². The highest BCUT2D eigenvalue weighted by molar-refractivity contribution is 6.05. The fourth-order valence-corrected chi connectivity index (χ4v) is 2.99. The first-order chi connectivity index (χ1) is 16.3. The Hall–Kier alpha value is -4.15. The third-order valence-electron chi connectivity index (χ3n) is 4.77. The van der Waals surface area contributed by atoms with Crippen molar-refractivity contribution in [2.75, 3.05) is 23.0 Å². The molecule has 3 rings (SSSR count). The van der Waals surface area contributed by atoms with Crippen LogP contribution >= 0.6 is 0 Å². The van der Waals surface area contributed by atoms with E-state index in [9.17, 15) is 27.2 Å². The molecule has 2 aromatic carbocycles. The highest BCUT2D eigenvalue weighted by atomic mass is 19.3. The molecule has 3 aromatic rings. The molecule has 35 heavy (non-hydrogen) atoms. The van der Waals surface area contributed by atoms with E-state index in [1.165, 1.54) is 13.1 Å². The van der Waals surface area contributed by atoms with Crippen molar-refractivity contribution in [3.05, 3.63) is 77.6 Å².